The van der Waals surface area contributed by atoms with Gasteiger partial charge in [0.2, 0.25) is 12.2 Å². The van der Waals surface area contributed by atoms with Gasteiger partial charge in [0.15, 0.2) is 0 Å². The van der Waals surface area contributed by atoms with Crippen LogP contribution < -0.4 is 0 Å². The molecule has 0 radical (unpaired) electrons. The molecule has 5 heteroatoms. The summed E-state index contributed by atoms with van der Waals surface area (Å²) in [5, 5.41) is 0. The van der Waals surface area contributed by atoms with Crippen molar-refractivity contribution in [2.75, 3.05) is 0 Å². The standard InChI is InChI=1S/C10H9ClN2O2/c1-9(13-7-15)3-4-10(2,11)8(5-9)12-6-14/h3-5H,1-2H3. The van der Waals surface area contributed by atoms with Crippen molar-refractivity contribution in [2.45, 2.75) is 24.3 Å². The minimum absolute atomic E-state index is 0.322. The van der Waals surface area contributed by atoms with Gasteiger partial charge in [-0.2, -0.15) is 9.98 Å². The van der Waals surface area contributed by atoms with Gasteiger partial charge in [0.1, 0.15) is 10.4 Å². The smallest absolute Gasteiger partial charge is 0.211 e. The van der Waals surface area contributed by atoms with Gasteiger partial charge in [-0.05, 0) is 19.9 Å². The number of rotatable bonds is 2. The number of carbonyl (C=O) groups excluding carboxylic acids is 2. The fourth-order valence-electron chi connectivity index (χ4n) is 1.24. The molecule has 0 fully saturated rings. The zero-order valence-corrected chi connectivity index (χ0v) is 9.08. The van der Waals surface area contributed by atoms with Crippen molar-refractivity contribution >= 4 is 23.8 Å². The Morgan fingerprint density at radius 1 is 1.27 bits per heavy atom. The monoisotopic (exact) mass is 224 g/mol. The number of isocyanates is 2. The molecule has 4 nitrogen and oxygen atoms in total. The van der Waals surface area contributed by atoms with Crippen LogP contribution in [0.4, 0.5) is 0 Å². The Morgan fingerprint density at radius 2 is 1.93 bits per heavy atom. The number of aliphatic imine (C=N–C) groups is 2. The Kier molecular flexibility index (Phi) is 3.06. The minimum Gasteiger partial charge on any atom is -0.211 e. The molecule has 78 valence electrons. The molecule has 0 aromatic heterocycles. The van der Waals surface area contributed by atoms with Crippen LogP contribution >= 0.6 is 11.6 Å². The second-order valence-electron chi connectivity index (χ2n) is 3.57. The van der Waals surface area contributed by atoms with Gasteiger partial charge in [0.25, 0.3) is 0 Å². The second-order valence-corrected chi connectivity index (χ2v) is 4.36. The van der Waals surface area contributed by atoms with Crippen LogP contribution in [0.5, 0.6) is 0 Å². The molecule has 0 aromatic carbocycles. The van der Waals surface area contributed by atoms with Gasteiger partial charge < -0.3 is 0 Å². The van der Waals surface area contributed by atoms with Gasteiger partial charge in [-0.1, -0.05) is 12.2 Å². The van der Waals surface area contributed by atoms with Crippen LogP contribution in [0.25, 0.3) is 0 Å². The van der Waals surface area contributed by atoms with E-state index in [2.05, 4.69) is 9.98 Å². The first-order valence-electron chi connectivity index (χ1n) is 4.23. The van der Waals surface area contributed by atoms with E-state index in [1.165, 1.54) is 18.2 Å². The molecule has 2 unspecified atom stereocenters. The molecule has 0 saturated carbocycles. The molecule has 0 aliphatic heterocycles. The number of hydrogen-bond acceptors (Lipinski definition) is 4. The maximum atomic E-state index is 10.2. The van der Waals surface area contributed by atoms with Gasteiger partial charge in [-0.3, -0.25) is 0 Å². The van der Waals surface area contributed by atoms with Crippen LogP contribution in [0.2, 0.25) is 0 Å². The first-order chi connectivity index (χ1) is 6.93. The van der Waals surface area contributed by atoms with E-state index < -0.39 is 10.4 Å². The molecule has 0 bridgehead atoms. The fourth-order valence-corrected chi connectivity index (χ4v) is 1.40. The van der Waals surface area contributed by atoms with Crippen LogP contribution in [-0.2, 0) is 9.59 Å². The normalized spacial score (nSPS) is 33.7. The second kappa shape index (κ2) is 3.95. The summed E-state index contributed by atoms with van der Waals surface area (Å²) >= 11 is 6.08. The van der Waals surface area contributed by atoms with Crippen molar-refractivity contribution in [1.82, 2.24) is 0 Å². The van der Waals surface area contributed by atoms with Gasteiger partial charge in [-0.25, -0.2) is 9.59 Å². The van der Waals surface area contributed by atoms with Crippen molar-refractivity contribution in [3.63, 3.8) is 0 Å². The van der Waals surface area contributed by atoms with Crippen molar-refractivity contribution in [3.8, 4) is 0 Å². The predicted molar refractivity (Wildman–Crippen MR) is 56.1 cm³/mol. The number of alkyl halides is 1. The Balaban J connectivity index is 3.24. The summed E-state index contributed by atoms with van der Waals surface area (Å²) in [4.78, 5) is 26.6. The lowest BCUT2D eigenvalue weighted by Crippen LogP contribution is -2.27. The number of nitrogens with zero attached hydrogens (tertiary/aromatic N) is 2. The van der Waals surface area contributed by atoms with E-state index in [-0.39, 0.29) is 0 Å². The largest absolute Gasteiger partial charge is 0.240 e. The molecule has 1 rings (SSSR count). The van der Waals surface area contributed by atoms with Gasteiger partial charge in [0.05, 0.1) is 5.70 Å². The average Bonchev–Trinajstić information content (AvgIpc) is 2.14. The number of allylic oxidation sites excluding steroid dienone is 1. The molecule has 1 aliphatic rings. The minimum atomic E-state index is -0.866. The van der Waals surface area contributed by atoms with E-state index >= 15 is 0 Å². The molecule has 0 aromatic rings. The highest BCUT2D eigenvalue weighted by Crippen LogP contribution is 2.35. The van der Waals surface area contributed by atoms with E-state index in [0.717, 1.165) is 0 Å². The lowest BCUT2D eigenvalue weighted by atomic mass is 9.89. The molecular weight excluding hydrogens is 216 g/mol. The van der Waals surface area contributed by atoms with Crippen LogP contribution in [0.3, 0.4) is 0 Å². The summed E-state index contributed by atoms with van der Waals surface area (Å²) < 4.78 is 0. The molecule has 0 saturated heterocycles. The van der Waals surface area contributed by atoms with E-state index in [0.29, 0.717) is 5.70 Å². The molecule has 0 amide bonds. The highest BCUT2D eigenvalue weighted by Gasteiger charge is 2.32. The fraction of sp³-hybridized carbons (Fsp3) is 0.400. The summed E-state index contributed by atoms with van der Waals surface area (Å²) in [5.41, 5.74) is -0.519. The first kappa shape index (κ1) is 11.6. The highest BCUT2D eigenvalue weighted by atomic mass is 35.5. The number of hydrogen-bond donors (Lipinski definition) is 0. The van der Waals surface area contributed by atoms with Crippen LogP contribution in [0, 0.1) is 0 Å². The van der Waals surface area contributed by atoms with Crippen LogP contribution in [-0.4, -0.2) is 22.6 Å². The summed E-state index contributed by atoms with van der Waals surface area (Å²) in [7, 11) is 0. The third kappa shape index (κ3) is 2.51. The lowest BCUT2D eigenvalue weighted by Gasteiger charge is -2.27. The van der Waals surface area contributed by atoms with E-state index in [1.807, 2.05) is 0 Å². The molecule has 0 heterocycles. The summed E-state index contributed by atoms with van der Waals surface area (Å²) in [5.74, 6) is 0. The molecule has 1 aliphatic carbocycles. The van der Waals surface area contributed by atoms with Crippen LogP contribution in [0.1, 0.15) is 13.8 Å². The average molecular weight is 225 g/mol. The van der Waals surface area contributed by atoms with E-state index in [9.17, 15) is 9.59 Å². The maximum absolute atomic E-state index is 10.2. The molecule has 2 atom stereocenters. The van der Waals surface area contributed by atoms with Gasteiger partial charge >= 0.3 is 0 Å². The molecule has 15 heavy (non-hydrogen) atoms. The van der Waals surface area contributed by atoms with Crippen molar-refractivity contribution in [2.24, 2.45) is 9.98 Å². The molecular formula is C10H9ClN2O2. The molecule has 0 N–H and O–H groups in total. The highest BCUT2D eigenvalue weighted by molar-refractivity contribution is 6.27. The van der Waals surface area contributed by atoms with Crippen molar-refractivity contribution in [1.29, 1.82) is 0 Å². The summed E-state index contributed by atoms with van der Waals surface area (Å²) in [6, 6.07) is 0. The third-order valence-electron chi connectivity index (χ3n) is 2.12. The summed E-state index contributed by atoms with van der Waals surface area (Å²) in [6.07, 6.45) is 7.71. The van der Waals surface area contributed by atoms with Crippen molar-refractivity contribution < 1.29 is 9.59 Å². The topological polar surface area (TPSA) is 58.9 Å². The Bertz CT molecular complexity index is 427. The quantitative estimate of drug-likeness (QED) is 0.311. The summed E-state index contributed by atoms with van der Waals surface area (Å²) in [6.45, 7) is 3.36. The Hall–Kier alpha value is -1.47. The Morgan fingerprint density at radius 3 is 2.47 bits per heavy atom. The zero-order valence-electron chi connectivity index (χ0n) is 8.32. The van der Waals surface area contributed by atoms with E-state index in [1.54, 1.807) is 26.0 Å². The van der Waals surface area contributed by atoms with Crippen molar-refractivity contribution in [3.05, 3.63) is 23.9 Å². The Labute approximate surface area is 92.1 Å². The predicted octanol–water partition coefficient (Wildman–Crippen LogP) is 1.87. The SMILES string of the molecule is CC1(N=C=O)C=CC(C)(Cl)C(N=C=O)=C1. The first-order valence-corrected chi connectivity index (χ1v) is 4.61. The van der Waals surface area contributed by atoms with Gasteiger partial charge in [-0.15, -0.1) is 11.6 Å². The van der Waals surface area contributed by atoms with E-state index in [4.69, 9.17) is 11.6 Å². The van der Waals surface area contributed by atoms with Crippen LogP contribution in [0.15, 0.2) is 33.9 Å². The molecule has 0 spiro atoms. The number of halogens is 1. The van der Waals surface area contributed by atoms with Gasteiger partial charge in [0, 0.05) is 0 Å². The zero-order chi connectivity index (χ0) is 11.5. The third-order valence-corrected chi connectivity index (χ3v) is 2.44. The lowest BCUT2D eigenvalue weighted by molar-refractivity contribution is 0.554. The maximum Gasteiger partial charge on any atom is 0.240 e.